The summed E-state index contributed by atoms with van der Waals surface area (Å²) in [5.41, 5.74) is 0.814. The van der Waals surface area contributed by atoms with E-state index in [1.165, 1.54) is 0 Å². The van der Waals surface area contributed by atoms with Crippen LogP contribution < -0.4 is 10.1 Å². The molecule has 0 spiro atoms. The van der Waals surface area contributed by atoms with E-state index in [1.807, 2.05) is 26.0 Å². The molecular formula is C18H23N3O4. The largest absolute Gasteiger partial charge is 0.484 e. The molecule has 1 amide bonds. The van der Waals surface area contributed by atoms with Crippen molar-refractivity contribution in [1.82, 2.24) is 15.5 Å². The van der Waals surface area contributed by atoms with Crippen molar-refractivity contribution < 1.29 is 18.8 Å². The summed E-state index contributed by atoms with van der Waals surface area (Å²) in [6.45, 7) is 5.31. The first kappa shape index (κ1) is 17.4. The molecule has 1 saturated heterocycles. The maximum atomic E-state index is 11.8. The van der Waals surface area contributed by atoms with Crippen LogP contribution in [-0.2, 0) is 9.53 Å². The number of benzene rings is 1. The van der Waals surface area contributed by atoms with Crippen LogP contribution in [0.2, 0.25) is 0 Å². The molecule has 1 fully saturated rings. The highest BCUT2D eigenvalue weighted by Crippen LogP contribution is 2.22. The van der Waals surface area contributed by atoms with Crippen molar-refractivity contribution in [1.29, 1.82) is 0 Å². The fourth-order valence-electron chi connectivity index (χ4n) is 2.51. The Hall–Kier alpha value is -2.41. The molecule has 0 bridgehead atoms. The number of ether oxygens (including phenoxy) is 2. The molecule has 1 N–H and O–H groups in total. The van der Waals surface area contributed by atoms with Crippen molar-refractivity contribution in [3.63, 3.8) is 0 Å². The molecule has 7 nitrogen and oxygen atoms in total. The summed E-state index contributed by atoms with van der Waals surface area (Å²) >= 11 is 0. The monoisotopic (exact) mass is 345 g/mol. The highest BCUT2D eigenvalue weighted by Gasteiger charge is 2.16. The van der Waals surface area contributed by atoms with Crippen molar-refractivity contribution in [2.45, 2.75) is 38.7 Å². The summed E-state index contributed by atoms with van der Waals surface area (Å²) in [5.74, 6) is 1.83. The van der Waals surface area contributed by atoms with Gasteiger partial charge in [-0.05, 0) is 37.1 Å². The molecule has 134 valence electrons. The highest BCUT2D eigenvalue weighted by molar-refractivity contribution is 5.77. The van der Waals surface area contributed by atoms with Gasteiger partial charge >= 0.3 is 0 Å². The smallest absolute Gasteiger partial charge is 0.258 e. The number of rotatable bonds is 7. The number of amides is 1. The van der Waals surface area contributed by atoms with Gasteiger partial charge in [0.1, 0.15) is 5.75 Å². The van der Waals surface area contributed by atoms with Gasteiger partial charge in [-0.15, -0.1) is 0 Å². The molecule has 3 rings (SSSR count). The topological polar surface area (TPSA) is 86.5 Å². The van der Waals surface area contributed by atoms with Crippen molar-refractivity contribution in [2.75, 3.05) is 19.8 Å². The molecule has 2 heterocycles. The summed E-state index contributed by atoms with van der Waals surface area (Å²) in [7, 11) is 0. The van der Waals surface area contributed by atoms with Gasteiger partial charge in [0.15, 0.2) is 12.4 Å². The lowest BCUT2D eigenvalue weighted by atomic mass is 10.2. The second-order valence-electron chi connectivity index (χ2n) is 6.36. The van der Waals surface area contributed by atoms with Crippen molar-refractivity contribution in [2.24, 2.45) is 0 Å². The molecule has 1 aliphatic heterocycles. The Balaban J connectivity index is 1.47. The molecule has 7 heteroatoms. The number of aromatic nitrogens is 2. The van der Waals surface area contributed by atoms with Gasteiger partial charge in [0.25, 0.3) is 11.8 Å². The fraction of sp³-hybridized carbons (Fsp3) is 0.500. The van der Waals surface area contributed by atoms with Crippen molar-refractivity contribution >= 4 is 5.91 Å². The number of carbonyl (C=O) groups excluding carboxylic acids is 1. The zero-order valence-electron chi connectivity index (χ0n) is 14.5. The molecule has 0 saturated carbocycles. The molecule has 25 heavy (non-hydrogen) atoms. The number of hydrogen-bond acceptors (Lipinski definition) is 6. The van der Waals surface area contributed by atoms with E-state index in [0.29, 0.717) is 24.0 Å². The van der Waals surface area contributed by atoms with E-state index in [-0.39, 0.29) is 24.5 Å². The number of carbonyl (C=O) groups is 1. The Morgan fingerprint density at radius 1 is 1.36 bits per heavy atom. The van der Waals surface area contributed by atoms with Gasteiger partial charge in [-0.1, -0.05) is 19.0 Å². The maximum absolute atomic E-state index is 11.8. The van der Waals surface area contributed by atoms with Crippen molar-refractivity contribution in [3.8, 4) is 17.2 Å². The van der Waals surface area contributed by atoms with E-state index >= 15 is 0 Å². The van der Waals surface area contributed by atoms with Crippen LogP contribution in [0.1, 0.15) is 38.4 Å². The summed E-state index contributed by atoms with van der Waals surface area (Å²) < 4.78 is 16.2. The quantitative estimate of drug-likeness (QED) is 0.830. The minimum absolute atomic E-state index is 0.0237. The first-order valence-electron chi connectivity index (χ1n) is 8.57. The number of hydrogen-bond donors (Lipinski definition) is 1. The zero-order chi connectivity index (χ0) is 17.6. The van der Waals surface area contributed by atoms with Crippen LogP contribution in [-0.4, -0.2) is 41.9 Å². The molecule has 1 atom stereocenters. The van der Waals surface area contributed by atoms with Crippen LogP contribution in [0.15, 0.2) is 28.8 Å². The van der Waals surface area contributed by atoms with Gasteiger partial charge in [0, 0.05) is 24.6 Å². The predicted octanol–water partition coefficient (Wildman–Crippen LogP) is 2.53. The van der Waals surface area contributed by atoms with Gasteiger partial charge in [0.05, 0.1) is 6.10 Å². The summed E-state index contributed by atoms with van der Waals surface area (Å²) in [4.78, 5) is 16.2. The lowest BCUT2D eigenvalue weighted by molar-refractivity contribution is -0.123. The van der Waals surface area contributed by atoms with E-state index < -0.39 is 0 Å². The average Bonchev–Trinajstić information content (AvgIpc) is 3.30. The standard InChI is InChI=1S/C18H23N3O4/c1-12(2)17-20-18(25-21-17)13-5-7-14(8-6-13)24-11-16(22)19-10-15-4-3-9-23-15/h5-8,12,15H,3-4,9-11H2,1-2H3,(H,19,22). The van der Waals surface area contributed by atoms with Gasteiger partial charge in [-0.2, -0.15) is 4.98 Å². The van der Waals surface area contributed by atoms with E-state index in [9.17, 15) is 4.79 Å². The third kappa shape index (κ3) is 4.79. The van der Waals surface area contributed by atoms with Crippen LogP contribution in [0, 0.1) is 0 Å². The number of nitrogens with one attached hydrogen (secondary N) is 1. The van der Waals surface area contributed by atoms with E-state index in [4.69, 9.17) is 14.0 Å². The average molecular weight is 345 g/mol. The first-order chi connectivity index (χ1) is 12.1. The lowest BCUT2D eigenvalue weighted by Gasteiger charge is -2.11. The molecule has 0 radical (unpaired) electrons. The molecule has 1 aromatic heterocycles. The summed E-state index contributed by atoms with van der Waals surface area (Å²) in [6.07, 6.45) is 2.19. The fourth-order valence-corrected chi connectivity index (χ4v) is 2.51. The minimum Gasteiger partial charge on any atom is -0.484 e. The zero-order valence-corrected chi connectivity index (χ0v) is 14.5. The third-order valence-corrected chi connectivity index (χ3v) is 3.98. The van der Waals surface area contributed by atoms with Gasteiger partial charge in [0.2, 0.25) is 0 Å². The maximum Gasteiger partial charge on any atom is 0.258 e. The number of nitrogens with zero attached hydrogens (tertiary/aromatic N) is 2. The van der Waals surface area contributed by atoms with Crippen LogP contribution in [0.4, 0.5) is 0 Å². The summed E-state index contributed by atoms with van der Waals surface area (Å²) in [6, 6.07) is 7.22. The molecule has 1 aliphatic rings. The van der Waals surface area contributed by atoms with Crippen LogP contribution in [0.5, 0.6) is 5.75 Å². The second kappa shape index (κ2) is 8.11. The Bertz CT molecular complexity index is 691. The third-order valence-electron chi connectivity index (χ3n) is 3.98. The minimum atomic E-state index is -0.155. The summed E-state index contributed by atoms with van der Waals surface area (Å²) in [5, 5.41) is 6.77. The van der Waals surface area contributed by atoms with Crippen LogP contribution in [0.3, 0.4) is 0 Å². The molecule has 0 aliphatic carbocycles. The highest BCUT2D eigenvalue weighted by atomic mass is 16.5. The van der Waals surface area contributed by atoms with Gasteiger partial charge in [-0.25, -0.2) is 0 Å². The lowest BCUT2D eigenvalue weighted by Crippen LogP contribution is -2.35. The Kier molecular flexibility index (Phi) is 5.65. The van der Waals surface area contributed by atoms with E-state index in [1.54, 1.807) is 12.1 Å². The first-order valence-corrected chi connectivity index (χ1v) is 8.57. The van der Waals surface area contributed by atoms with Gasteiger partial charge < -0.3 is 19.3 Å². The predicted molar refractivity (Wildman–Crippen MR) is 91.3 cm³/mol. The molecular weight excluding hydrogens is 322 g/mol. The van der Waals surface area contributed by atoms with Crippen LogP contribution in [0.25, 0.3) is 11.5 Å². The Morgan fingerprint density at radius 2 is 2.16 bits per heavy atom. The van der Waals surface area contributed by atoms with E-state index in [2.05, 4.69) is 15.5 Å². The second-order valence-corrected chi connectivity index (χ2v) is 6.36. The Labute approximate surface area is 146 Å². The normalized spacial score (nSPS) is 17.0. The van der Waals surface area contributed by atoms with Crippen LogP contribution >= 0.6 is 0 Å². The van der Waals surface area contributed by atoms with Gasteiger partial charge in [-0.3, -0.25) is 4.79 Å². The van der Waals surface area contributed by atoms with Crippen molar-refractivity contribution in [3.05, 3.63) is 30.1 Å². The SMILES string of the molecule is CC(C)c1noc(-c2ccc(OCC(=O)NCC3CCCO3)cc2)n1. The molecule has 2 aromatic rings. The molecule has 1 unspecified atom stereocenters. The Morgan fingerprint density at radius 3 is 2.80 bits per heavy atom. The molecule has 1 aromatic carbocycles. The van der Waals surface area contributed by atoms with E-state index in [0.717, 1.165) is 25.0 Å².